The average molecular weight is 287 g/mol. The van der Waals surface area contributed by atoms with Crippen LogP contribution in [0.2, 0.25) is 0 Å². The molecule has 0 aromatic rings. The molecule has 1 atom stereocenters. The summed E-state index contributed by atoms with van der Waals surface area (Å²) in [5, 5.41) is 3.09. The van der Waals surface area contributed by atoms with Crippen LogP contribution in [-0.4, -0.2) is 52.1 Å². The number of hydrogen-bond donors (Lipinski definition) is 2. The Bertz CT molecular complexity index is 423. The highest BCUT2D eigenvalue weighted by atomic mass is 32.3. The van der Waals surface area contributed by atoms with Crippen molar-refractivity contribution in [1.82, 2.24) is 5.32 Å². The van der Waals surface area contributed by atoms with Gasteiger partial charge in [0, 0.05) is 6.04 Å². The van der Waals surface area contributed by atoms with Crippen LogP contribution < -0.4 is 5.32 Å². The van der Waals surface area contributed by atoms with E-state index in [1.165, 1.54) is 0 Å². The summed E-state index contributed by atoms with van der Waals surface area (Å²) in [6, 6.07) is -0.0699. The summed E-state index contributed by atoms with van der Waals surface area (Å²) in [6.45, 7) is 0.260. The Labute approximate surface area is 101 Å². The second-order valence-corrected chi connectivity index (χ2v) is 7.33. The SMILES string of the molecule is O=S(=O)(CCOS(=O)(=O)O)CC1CCCCN1. The molecular formula is C8H17NO6S2. The van der Waals surface area contributed by atoms with Gasteiger partial charge in [-0.05, 0) is 19.4 Å². The van der Waals surface area contributed by atoms with Crippen molar-refractivity contribution < 1.29 is 25.6 Å². The molecule has 0 aromatic heterocycles. The summed E-state index contributed by atoms with van der Waals surface area (Å²) in [5.74, 6) is -0.438. The van der Waals surface area contributed by atoms with E-state index in [4.69, 9.17) is 4.55 Å². The van der Waals surface area contributed by atoms with Gasteiger partial charge in [0.15, 0.2) is 9.84 Å². The van der Waals surface area contributed by atoms with E-state index in [-0.39, 0.29) is 11.8 Å². The van der Waals surface area contributed by atoms with Crippen molar-refractivity contribution >= 4 is 20.2 Å². The van der Waals surface area contributed by atoms with Crippen molar-refractivity contribution in [2.24, 2.45) is 0 Å². The molecule has 0 aromatic carbocycles. The highest BCUT2D eigenvalue weighted by Gasteiger charge is 2.21. The summed E-state index contributed by atoms with van der Waals surface area (Å²) in [5.41, 5.74) is 0. The topological polar surface area (TPSA) is 110 Å². The van der Waals surface area contributed by atoms with Crippen LogP contribution in [0.25, 0.3) is 0 Å². The molecule has 102 valence electrons. The van der Waals surface area contributed by atoms with Crippen LogP contribution in [0.3, 0.4) is 0 Å². The van der Waals surface area contributed by atoms with Crippen LogP contribution in [0, 0.1) is 0 Å². The number of sulfone groups is 1. The first-order chi connectivity index (χ1) is 7.79. The van der Waals surface area contributed by atoms with Crippen LogP contribution >= 0.6 is 0 Å². The van der Waals surface area contributed by atoms with Crippen LogP contribution in [0.1, 0.15) is 19.3 Å². The predicted molar refractivity (Wildman–Crippen MR) is 61.8 cm³/mol. The molecule has 0 aliphatic carbocycles. The number of nitrogens with one attached hydrogen (secondary N) is 1. The molecular weight excluding hydrogens is 270 g/mol. The third-order valence-electron chi connectivity index (χ3n) is 2.49. The largest absolute Gasteiger partial charge is 0.397 e. The Kier molecular flexibility index (Phi) is 5.32. The molecule has 0 saturated carbocycles. The Balaban J connectivity index is 2.35. The number of rotatable bonds is 6. The van der Waals surface area contributed by atoms with Crippen LogP contribution in [-0.2, 0) is 24.4 Å². The second kappa shape index (κ2) is 6.10. The Morgan fingerprint density at radius 3 is 2.47 bits per heavy atom. The first kappa shape index (κ1) is 14.8. The minimum Gasteiger partial charge on any atom is -0.313 e. The highest BCUT2D eigenvalue weighted by Crippen LogP contribution is 2.09. The van der Waals surface area contributed by atoms with E-state index in [9.17, 15) is 16.8 Å². The minimum atomic E-state index is -4.56. The van der Waals surface area contributed by atoms with Gasteiger partial charge in [-0.2, -0.15) is 8.42 Å². The average Bonchev–Trinajstić information content (AvgIpc) is 2.15. The summed E-state index contributed by atoms with van der Waals surface area (Å²) < 4.78 is 55.9. The maximum absolute atomic E-state index is 11.6. The van der Waals surface area contributed by atoms with Crippen molar-refractivity contribution in [3.8, 4) is 0 Å². The minimum absolute atomic E-state index is 0.0260. The normalized spacial score (nSPS) is 22.5. The predicted octanol–water partition coefficient (Wildman–Crippen LogP) is -0.637. The van der Waals surface area contributed by atoms with E-state index in [0.29, 0.717) is 0 Å². The van der Waals surface area contributed by atoms with E-state index < -0.39 is 32.6 Å². The van der Waals surface area contributed by atoms with Crippen LogP contribution in [0.4, 0.5) is 0 Å². The van der Waals surface area contributed by atoms with E-state index >= 15 is 0 Å². The lowest BCUT2D eigenvalue weighted by Crippen LogP contribution is -2.40. The van der Waals surface area contributed by atoms with Gasteiger partial charge in [0.25, 0.3) is 0 Å². The molecule has 1 unspecified atom stereocenters. The monoisotopic (exact) mass is 287 g/mol. The molecule has 7 nitrogen and oxygen atoms in total. The van der Waals surface area contributed by atoms with E-state index in [1.807, 2.05) is 0 Å². The smallest absolute Gasteiger partial charge is 0.313 e. The van der Waals surface area contributed by atoms with Gasteiger partial charge in [-0.1, -0.05) is 6.42 Å². The number of piperidine rings is 1. The van der Waals surface area contributed by atoms with E-state index in [0.717, 1.165) is 25.8 Å². The van der Waals surface area contributed by atoms with Gasteiger partial charge < -0.3 is 5.32 Å². The lowest BCUT2D eigenvalue weighted by Gasteiger charge is -2.23. The molecule has 1 aliphatic heterocycles. The molecule has 2 N–H and O–H groups in total. The maximum Gasteiger partial charge on any atom is 0.397 e. The second-order valence-electron chi connectivity index (χ2n) is 4.01. The summed E-state index contributed by atoms with van der Waals surface area (Å²) >= 11 is 0. The lowest BCUT2D eigenvalue weighted by atomic mass is 10.1. The fourth-order valence-corrected chi connectivity index (χ4v) is 3.52. The third kappa shape index (κ3) is 6.94. The molecule has 1 saturated heterocycles. The van der Waals surface area contributed by atoms with Gasteiger partial charge in [-0.3, -0.25) is 4.55 Å². The first-order valence-electron chi connectivity index (χ1n) is 5.34. The molecule has 9 heteroatoms. The van der Waals surface area contributed by atoms with Gasteiger partial charge in [-0.15, -0.1) is 0 Å². The number of hydrogen-bond acceptors (Lipinski definition) is 6. The summed E-state index contributed by atoms with van der Waals surface area (Å²) in [4.78, 5) is 0. The van der Waals surface area contributed by atoms with Crippen LogP contribution in [0.5, 0.6) is 0 Å². The van der Waals surface area contributed by atoms with Crippen molar-refractivity contribution in [1.29, 1.82) is 0 Å². The van der Waals surface area contributed by atoms with Gasteiger partial charge >= 0.3 is 10.4 Å². The third-order valence-corrected chi connectivity index (χ3v) is 4.66. The first-order valence-corrected chi connectivity index (χ1v) is 8.53. The fourth-order valence-electron chi connectivity index (χ4n) is 1.72. The van der Waals surface area contributed by atoms with Crippen molar-refractivity contribution in [2.45, 2.75) is 25.3 Å². The molecule has 1 aliphatic rings. The Morgan fingerprint density at radius 2 is 1.94 bits per heavy atom. The zero-order valence-electron chi connectivity index (χ0n) is 9.33. The zero-order valence-corrected chi connectivity index (χ0v) is 11.0. The van der Waals surface area contributed by atoms with Gasteiger partial charge in [0.05, 0.1) is 18.1 Å². The van der Waals surface area contributed by atoms with Crippen LogP contribution in [0.15, 0.2) is 0 Å². The van der Waals surface area contributed by atoms with Crippen molar-refractivity contribution in [2.75, 3.05) is 24.7 Å². The quantitative estimate of drug-likeness (QED) is 0.625. The van der Waals surface area contributed by atoms with E-state index in [2.05, 4.69) is 9.50 Å². The molecule has 17 heavy (non-hydrogen) atoms. The molecule has 1 rings (SSSR count). The molecule has 1 heterocycles. The lowest BCUT2D eigenvalue weighted by molar-refractivity contribution is 0.283. The molecule has 0 radical (unpaired) electrons. The zero-order chi connectivity index (χ0) is 12.9. The molecule has 0 bridgehead atoms. The standard InChI is InChI=1S/C8H17NO6S2/c10-16(11,6-5-15-17(12,13)14)7-8-3-1-2-4-9-8/h8-9H,1-7H2,(H,12,13,14). The molecule has 0 spiro atoms. The highest BCUT2D eigenvalue weighted by molar-refractivity contribution is 7.91. The maximum atomic E-state index is 11.6. The molecule has 0 amide bonds. The van der Waals surface area contributed by atoms with Crippen molar-refractivity contribution in [3.05, 3.63) is 0 Å². The Morgan fingerprint density at radius 1 is 1.24 bits per heavy atom. The van der Waals surface area contributed by atoms with Gasteiger partial charge in [-0.25, -0.2) is 12.6 Å². The summed E-state index contributed by atoms with van der Waals surface area (Å²) in [6.07, 6.45) is 2.84. The van der Waals surface area contributed by atoms with Gasteiger partial charge in [0.2, 0.25) is 0 Å². The Hall–Kier alpha value is -0.220. The fraction of sp³-hybridized carbons (Fsp3) is 1.00. The van der Waals surface area contributed by atoms with E-state index in [1.54, 1.807) is 0 Å². The molecule has 1 fully saturated rings. The van der Waals surface area contributed by atoms with Crippen molar-refractivity contribution in [3.63, 3.8) is 0 Å². The van der Waals surface area contributed by atoms with Gasteiger partial charge in [0.1, 0.15) is 0 Å². The summed E-state index contributed by atoms with van der Waals surface area (Å²) in [7, 11) is -7.93.